The topological polar surface area (TPSA) is 66.4 Å². The number of amides is 1. The molecule has 20 heavy (non-hydrogen) atoms. The molecule has 1 unspecified atom stereocenters. The van der Waals surface area contributed by atoms with Crippen LogP contribution in [0.5, 0.6) is 0 Å². The van der Waals surface area contributed by atoms with Crippen molar-refractivity contribution in [2.75, 3.05) is 0 Å². The lowest BCUT2D eigenvalue weighted by molar-refractivity contribution is -0.143. The van der Waals surface area contributed by atoms with Crippen molar-refractivity contribution in [2.24, 2.45) is 5.41 Å². The minimum absolute atomic E-state index is 0.127. The number of benzene rings is 1. The summed E-state index contributed by atoms with van der Waals surface area (Å²) in [4.78, 5) is 23.6. The molecule has 0 aliphatic heterocycles. The summed E-state index contributed by atoms with van der Waals surface area (Å²) < 4.78 is 0. The molecule has 0 bridgehead atoms. The van der Waals surface area contributed by atoms with Crippen LogP contribution in [0.2, 0.25) is 0 Å². The summed E-state index contributed by atoms with van der Waals surface area (Å²) >= 11 is 0. The normalized spacial score (nSPS) is 18.4. The van der Waals surface area contributed by atoms with Gasteiger partial charge in [-0.2, -0.15) is 0 Å². The van der Waals surface area contributed by atoms with Crippen LogP contribution in [-0.4, -0.2) is 23.0 Å². The van der Waals surface area contributed by atoms with Crippen LogP contribution in [0.1, 0.15) is 38.2 Å². The molecule has 2 N–H and O–H groups in total. The van der Waals surface area contributed by atoms with Crippen LogP contribution in [0.25, 0.3) is 0 Å². The van der Waals surface area contributed by atoms with E-state index < -0.39 is 17.4 Å². The van der Waals surface area contributed by atoms with Crippen molar-refractivity contribution < 1.29 is 14.7 Å². The standard InChI is InChI=1S/C16H21NO3/c1-16(9-5-6-10-16)15(20)17-13(14(18)19)11-12-7-3-2-4-8-12/h2-4,7-8,13H,5-6,9-11H2,1H3,(H,17,20)(H,18,19). The van der Waals surface area contributed by atoms with Crippen molar-refractivity contribution in [3.63, 3.8) is 0 Å². The highest BCUT2D eigenvalue weighted by Crippen LogP contribution is 2.37. The molecular formula is C16H21NO3. The van der Waals surface area contributed by atoms with Crippen molar-refractivity contribution in [1.82, 2.24) is 5.32 Å². The van der Waals surface area contributed by atoms with Crippen LogP contribution in [0.15, 0.2) is 30.3 Å². The zero-order valence-electron chi connectivity index (χ0n) is 11.8. The molecule has 0 radical (unpaired) electrons. The Bertz CT molecular complexity index is 478. The van der Waals surface area contributed by atoms with Gasteiger partial charge in [-0.15, -0.1) is 0 Å². The maximum atomic E-state index is 12.3. The SMILES string of the molecule is CC1(C(=O)NC(Cc2ccccc2)C(=O)O)CCCC1. The van der Waals surface area contributed by atoms with Crippen LogP contribution in [0, 0.1) is 5.41 Å². The zero-order valence-corrected chi connectivity index (χ0v) is 11.8. The largest absolute Gasteiger partial charge is 0.480 e. The summed E-state index contributed by atoms with van der Waals surface area (Å²) in [7, 11) is 0. The Kier molecular flexibility index (Phi) is 4.42. The molecule has 0 heterocycles. The number of hydrogen-bond acceptors (Lipinski definition) is 2. The summed E-state index contributed by atoms with van der Waals surface area (Å²) in [6.07, 6.45) is 4.09. The van der Waals surface area contributed by atoms with Crippen LogP contribution in [-0.2, 0) is 16.0 Å². The van der Waals surface area contributed by atoms with E-state index in [9.17, 15) is 14.7 Å². The minimum atomic E-state index is -0.983. The average molecular weight is 275 g/mol. The quantitative estimate of drug-likeness (QED) is 0.867. The molecule has 1 amide bonds. The van der Waals surface area contributed by atoms with Crippen LogP contribution < -0.4 is 5.32 Å². The highest BCUT2D eigenvalue weighted by molar-refractivity contribution is 5.87. The Labute approximate surface area is 119 Å². The number of carboxylic acid groups (broad SMARTS) is 1. The molecule has 1 aliphatic rings. The minimum Gasteiger partial charge on any atom is -0.480 e. The Morgan fingerprint density at radius 3 is 2.40 bits per heavy atom. The van der Waals surface area contributed by atoms with Gasteiger partial charge in [0.15, 0.2) is 0 Å². The molecule has 1 aliphatic carbocycles. The number of hydrogen-bond donors (Lipinski definition) is 2. The molecule has 1 saturated carbocycles. The molecule has 4 heteroatoms. The summed E-state index contributed by atoms with van der Waals surface area (Å²) in [5.74, 6) is -1.11. The van der Waals surface area contributed by atoms with Gasteiger partial charge in [0, 0.05) is 11.8 Å². The predicted molar refractivity (Wildman–Crippen MR) is 76.3 cm³/mol. The molecule has 4 nitrogen and oxygen atoms in total. The van der Waals surface area contributed by atoms with Gasteiger partial charge in [0.25, 0.3) is 0 Å². The van der Waals surface area contributed by atoms with Gasteiger partial charge in [-0.3, -0.25) is 4.79 Å². The Balaban J connectivity index is 2.02. The van der Waals surface area contributed by atoms with E-state index in [1.54, 1.807) is 0 Å². The Morgan fingerprint density at radius 2 is 1.85 bits per heavy atom. The van der Waals surface area contributed by atoms with E-state index in [1.807, 2.05) is 37.3 Å². The summed E-state index contributed by atoms with van der Waals surface area (Å²) in [6.45, 7) is 1.93. The van der Waals surface area contributed by atoms with Crippen molar-refractivity contribution in [2.45, 2.75) is 45.1 Å². The number of nitrogens with one attached hydrogen (secondary N) is 1. The molecule has 1 aromatic rings. The Morgan fingerprint density at radius 1 is 1.25 bits per heavy atom. The second kappa shape index (κ2) is 6.07. The lowest BCUT2D eigenvalue weighted by atomic mass is 9.87. The summed E-state index contributed by atoms with van der Waals surface area (Å²) in [6, 6.07) is 8.51. The first-order chi connectivity index (χ1) is 9.51. The fourth-order valence-electron chi connectivity index (χ4n) is 2.76. The van der Waals surface area contributed by atoms with Crippen molar-refractivity contribution in [3.05, 3.63) is 35.9 Å². The van der Waals surface area contributed by atoms with E-state index in [2.05, 4.69) is 5.32 Å². The highest BCUT2D eigenvalue weighted by Gasteiger charge is 2.37. The van der Waals surface area contributed by atoms with E-state index in [1.165, 1.54) is 0 Å². The fraction of sp³-hybridized carbons (Fsp3) is 0.500. The van der Waals surface area contributed by atoms with Gasteiger partial charge in [-0.25, -0.2) is 4.79 Å². The molecule has 0 aromatic heterocycles. The third-order valence-electron chi connectivity index (χ3n) is 4.14. The monoisotopic (exact) mass is 275 g/mol. The number of carboxylic acids is 1. The first kappa shape index (κ1) is 14.6. The first-order valence-corrected chi connectivity index (χ1v) is 7.09. The maximum Gasteiger partial charge on any atom is 0.326 e. The fourth-order valence-corrected chi connectivity index (χ4v) is 2.76. The third-order valence-corrected chi connectivity index (χ3v) is 4.14. The van der Waals surface area contributed by atoms with Crippen molar-refractivity contribution >= 4 is 11.9 Å². The molecule has 0 spiro atoms. The molecule has 108 valence electrons. The van der Waals surface area contributed by atoms with Gasteiger partial charge in [0.2, 0.25) is 5.91 Å². The smallest absolute Gasteiger partial charge is 0.326 e. The van der Waals surface area contributed by atoms with E-state index in [0.717, 1.165) is 31.2 Å². The number of carbonyl (C=O) groups excluding carboxylic acids is 1. The van der Waals surface area contributed by atoms with E-state index in [-0.39, 0.29) is 5.91 Å². The van der Waals surface area contributed by atoms with Gasteiger partial charge in [0.05, 0.1) is 0 Å². The molecule has 1 fully saturated rings. The molecule has 1 aromatic carbocycles. The van der Waals surface area contributed by atoms with Crippen molar-refractivity contribution in [3.8, 4) is 0 Å². The van der Waals surface area contributed by atoms with Gasteiger partial charge in [-0.05, 0) is 18.4 Å². The lowest BCUT2D eigenvalue weighted by Crippen LogP contribution is -2.47. The number of carbonyl (C=O) groups is 2. The van der Waals surface area contributed by atoms with E-state index in [0.29, 0.717) is 6.42 Å². The van der Waals surface area contributed by atoms with Crippen LogP contribution in [0.3, 0.4) is 0 Å². The molecule has 2 rings (SSSR count). The van der Waals surface area contributed by atoms with E-state index in [4.69, 9.17) is 0 Å². The van der Waals surface area contributed by atoms with Crippen LogP contribution >= 0.6 is 0 Å². The molecule has 1 atom stereocenters. The molecule has 0 saturated heterocycles. The zero-order chi connectivity index (χ0) is 14.6. The van der Waals surface area contributed by atoms with Crippen LogP contribution in [0.4, 0.5) is 0 Å². The summed E-state index contributed by atoms with van der Waals surface area (Å²) in [5.41, 5.74) is 0.515. The molecular weight excluding hydrogens is 254 g/mol. The second-order valence-corrected chi connectivity index (χ2v) is 5.82. The van der Waals surface area contributed by atoms with Gasteiger partial charge >= 0.3 is 5.97 Å². The average Bonchev–Trinajstić information content (AvgIpc) is 2.87. The third kappa shape index (κ3) is 3.38. The van der Waals surface area contributed by atoms with Crippen molar-refractivity contribution in [1.29, 1.82) is 0 Å². The second-order valence-electron chi connectivity index (χ2n) is 5.82. The number of rotatable bonds is 5. The maximum absolute atomic E-state index is 12.3. The van der Waals surface area contributed by atoms with Gasteiger partial charge in [0.1, 0.15) is 6.04 Å². The summed E-state index contributed by atoms with van der Waals surface area (Å²) in [5, 5.41) is 12.0. The number of aliphatic carboxylic acids is 1. The predicted octanol–water partition coefficient (Wildman–Crippen LogP) is 2.38. The lowest BCUT2D eigenvalue weighted by Gasteiger charge is -2.25. The Hall–Kier alpha value is -1.84. The van der Waals surface area contributed by atoms with E-state index >= 15 is 0 Å². The van der Waals surface area contributed by atoms with Gasteiger partial charge in [-0.1, -0.05) is 50.1 Å². The highest BCUT2D eigenvalue weighted by atomic mass is 16.4. The first-order valence-electron chi connectivity index (χ1n) is 7.09. The van der Waals surface area contributed by atoms with Gasteiger partial charge < -0.3 is 10.4 Å².